The van der Waals surface area contributed by atoms with Gasteiger partial charge in [-0.15, -0.1) is 5.10 Å². The lowest BCUT2D eigenvalue weighted by Gasteiger charge is -2.11. The van der Waals surface area contributed by atoms with Crippen LogP contribution < -0.4 is 5.73 Å². The lowest BCUT2D eigenvalue weighted by molar-refractivity contribution is -0.137. The zero-order valence-electron chi connectivity index (χ0n) is 9.19. The monoisotopic (exact) mass is 273 g/mol. The van der Waals surface area contributed by atoms with Crippen LogP contribution in [0.25, 0.3) is 0 Å². The van der Waals surface area contributed by atoms with Gasteiger partial charge in [-0.3, -0.25) is 0 Å². The van der Waals surface area contributed by atoms with E-state index in [0.29, 0.717) is 12.0 Å². The molecule has 3 nitrogen and oxygen atoms in total. The number of hydrogen-bond donors (Lipinski definition) is 1. The molecule has 0 amide bonds. The Labute approximate surface area is 106 Å². The van der Waals surface area contributed by atoms with Gasteiger partial charge in [0.1, 0.15) is 0 Å². The third-order valence-electron chi connectivity index (χ3n) is 2.45. The summed E-state index contributed by atoms with van der Waals surface area (Å²) in [7, 11) is 0. The van der Waals surface area contributed by atoms with Crippen molar-refractivity contribution in [2.45, 2.75) is 18.6 Å². The minimum atomic E-state index is -4.33. The van der Waals surface area contributed by atoms with E-state index >= 15 is 0 Å². The topological polar surface area (TPSA) is 51.8 Å². The van der Waals surface area contributed by atoms with E-state index in [1.165, 1.54) is 12.3 Å². The molecular formula is C11H10F3N3S. The molecule has 0 aliphatic rings. The Morgan fingerprint density at radius 2 is 2.11 bits per heavy atom. The van der Waals surface area contributed by atoms with Gasteiger partial charge >= 0.3 is 6.18 Å². The standard InChI is InChI=1S/C11H10F3N3S/c12-11(13,14)8-3-1-2-7(4-8)5-9(15)10-6-16-17-18-10/h1-4,6,9H,5,15H2. The average Bonchev–Trinajstić information content (AvgIpc) is 2.81. The van der Waals surface area contributed by atoms with Crippen molar-refractivity contribution in [2.75, 3.05) is 0 Å². The van der Waals surface area contributed by atoms with Crippen molar-refractivity contribution >= 4 is 11.5 Å². The van der Waals surface area contributed by atoms with Crippen LogP contribution in [0.5, 0.6) is 0 Å². The van der Waals surface area contributed by atoms with Crippen molar-refractivity contribution in [3.63, 3.8) is 0 Å². The van der Waals surface area contributed by atoms with Gasteiger partial charge in [0.05, 0.1) is 16.6 Å². The molecule has 0 saturated heterocycles. The maximum Gasteiger partial charge on any atom is 0.416 e. The molecule has 2 aromatic rings. The van der Waals surface area contributed by atoms with Crippen molar-refractivity contribution in [2.24, 2.45) is 5.73 Å². The van der Waals surface area contributed by atoms with Crippen LogP contribution in [0.2, 0.25) is 0 Å². The lowest BCUT2D eigenvalue weighted by Crippen LogP contribution is -2.13. The summed E-state index contributed by atoms with van der Waals surface area (Å²) in [6.07, 6.45) is -2.47. The Hall–Kier alpha value is -1.47. The highest BCUT2D eigenvalue weighted by Gasteiger charge is 2.30. The van der Waals surface area contributed by atoms with Crippen LogP contribution in [-0.2, 0) is 12.6 Å². The summed E-state index contributed by atoms with van der Waals surface area (Å²) in [4.78, 5) is 0.757. The Balaban J connectivity index is 2.15. The second kappa shape index (κ2) is 5.03. The Morgan fingerprint density at radius 3 is 2.72 bits per heavy atom. The number of nitrogens with zero attached hydrogens (tertiary/aromatic N) is 2. The summed E-state index contributed by atoms with van der Waals surface area (Å²) in [5.74, 6) is 0. The predicted molar refractivity (Wildman–Crippen MR) is 62.0 cm³/mol. The molecule has 1 unspecified atom stereocenters. The number of halogens is 3. The SMILES string of the molecule is NC(Cc1cccc(C(F)(F)F)c1)c1cnns1. The van der Waals surface area contributed by atoms with Gasteiger partial charge in [-0.2, -0.15) is 13.2 Å². The van der Waals surface area contributed by atoms with Gasteiger partial charge in [0.2, 0.25) is 0 Å². The fourth-order valence-electron chi connectivity index (χ4n) is 1.57. The molecule has 0 fully saturated rings. The first-order valence-electron chi connectivity index (χ1n) is 5.16. The summed E-state index contributed by atoms with van der Waals surface area (Å²) in [5, 5.41) is 3.65. The van der Waals surface area contributed by atoms with Crippen molar-refractivity contribution < 1.29 is 13.2 Å². The smallest absolute Gasteiger partial charge is 0.323 e. The van der Waals surface area contributed by atoms with Crippen LogP contribution in [0.4, 0.5) is 13.2 Å². The molecule has 0 aliphatic carbocycles. The van der Waals surface area contributed by atoms with E-state index in [2.05, 4.69) is 9.59 Å². The average molecular weight is 273 g/mol. The Morgan fingerprint density at radius 1 is 1.33 bits per heavy atom. The van der Waals surface area contributed by atoms with Crippen LogP contribution in [-0.4, -0.2) is 9.59 Å². The molecule has 0 aliphatic heterocycles. The third-order valence-corrected chi connectivity index (χ3v) is 3.25. The van der Waals surface area contributed by atoms with Crippen molar-refractivity contribution in [3.8, 4) is 0 Å². The molecule has 1 aromatic carbocycles. The maximum absolute atomic E-state index is 12.5. The lowest BCUT2D eigenvalue weighted by atomic mass is 10.0. The molecule has 1 heterocycles. The molecule has 2 rings (SSSR count). The highest BCUT2D eigenvalue weighted by atomic mass is 32.1. The predicted octanol–water partition coefficient (Wildman–Crippen LogP) is 2.80. The number of aromatic nitrogens is 2. The first-order valence-corrected chi connectivity index (χ1v) is 5.93. The second-order valence-electron chi connectivity index (χ2n) is 3.83. The van der Waals surface area contributed by atoms with Crippen LogP contribution in [0.15, 0.2) is 30.5 Å². The third kappa shape index (κ3) is 3.05. The van der Waals surface area contributed by atoms with Crippen LogP contribution >= 0.6 is 11.5 Å². The minimum absolute atomic E-state index is 0.327. The Kier molecular flexibility index (Phi) is 3.63. The Bertz CT molecular complexity index is 511. The van der Waals surface area contributed by atoms with Gasteiger partial charge in [-0.05, 0) is 29.6 Å². The number of benzene rings is 1. The summed E-state index contributed by atoms with van der Waals surface area (Å²) >= 11 is 1.15. The van der Waals surface area contributed by atoms with Gasteiger partial charge in [0, 0.05) is 6.04 Å². The van der Waals surface area contributed by atoms with E-state index in [1.807, 2.05) is 0 Å². The first kappa shape index (κ1) is 13.0. The number of hydrogen-bond acceptors (Lipinski definition) is 4. The van der Waals surface area contributed by atoms with E-state index in [4.69, 9.17) is 5.73 Å². The van der Waals surface area contributed by atoms with Gasteiger partial charge in [-0.25, -0.2) is 0 Å². The van der Waals surface area contributed by atoms with Crippen molar-refractivity contribution in [1.29, 1.82) is 0 Å². The van der Waals surface area contributed by atoms with Crippen LogP contribution in [0.3, 0.4) is 0 Å². The molecule has 96 valence electrons. The molecule has 7 heteroatoms. The minimum Gasteiger partial charge on any atom is -0.323 e. The molecule has 1 aromatic heterocycles. The fourth-order valence-corrected chi connectivity index (χ4v) is 2.07. The van der Waals surface area contributed by atoms with Gasteiger partial charge < -0.3 is 5.73 Å². The molecule has 0 bridgehead atoms. The summed E-state index contributed by atoms with van der Waals surface area (Å²) in [5.41, 5.74) is 5.77. The highest BCUT2D eigenvalue weighted by Crippen LogP contribution is 2.30. The van der Waals surface area contributed by atoms with Crippen LogP contribution in [0, 0.1) is 0 Å². The summed E-state index contributed by atoms with van der Waals surface area (Å²) < 4.78 is 41.3. The zero-order chi connectivity index (χ0) is 13.2. The molecule has 2 N–H and O–H groups in total. The number of rotatable bonds is 3. The van der Waals surface area contributed by atoms with E-state index in [1.54, 1.807) is 6.07 Å². The second-order valence-corrected chi connectivity index (χ2v) is 4.65. The fraction of sp³-hybridized carbons (Fsp3) is 0.273. The van der Waals surface area contributed by atoms with Crippen molar-refractivity contribution in [3.05, 3.63) is 46.5 Å². The largest absolute Gasteiger partial charge is 0.416 e. The zero-order valence-corrected chi connectivity index (χ0v) is 10.0. The van der Waals surface area contributed by atoms with E-state index in [-0.39, 0.29) is 6.04 Å². The number of nitrogens with two attached hydrogens (primary N) is 1. The summed E-state index contributed by atoms with van der Waals surface area (Å²) in [6, 6.07) is 4.80. The molecule has 0 saturated carbocycles. The number of alkyl halides is 3. The van der Waals surface area contributed by atoms with E-state index in [9.17, 15) is 13.2 Å². The highest BCUT2D eigenvalue weighted by molar-refractivity contribution is 7.05. The van der Waals surface area contributed by atoms with Gasteiger partial charge in [0.25, 0.3) is 0 Å². The molecular weight excluding hydrogens is 263 g/mol. The normalized spacial score (nSPS) is 13.6. The van der Waals surface area contributed by atoms with E-state index in [0.717, 1.165) is 28.5 Å². The van der Waals surface area contributed by atoms with Gasteiger partial charge in [0.15, 0.2) is 0 Å². The maximum atomic E-state index is 12.5. The van der Waals surface area contributed by atoms with Gasteiger partial charge in [-0.1, -0.05) is 22.7 Å². The molecule has 18 heavy (non-hydrogen) atoms. The molecule has 1 atom stereocenters. The molecule has 0 spiro atoms. The summed E-state index contributed by atoms with van der Waals surface area (Å²) in [6.45, 7) is 0. The molecule has 0 radical (unpaired) electrons. The first-order chi connectivity index (χ1) is 8.47. The van der Waals surface area contributed by atoms with Crippen molar-refractivity contribution in [1.82, 2.24) is 9.59 Å². The van der Waals surface area contributed by atoms with Crippen LogP contribution in [0.1, 0.15) is 22.0 Å². The quantitative estimate of drug-likeness (QED) is 0.935. The van der Waals surface area contributed by atoms with E-state index < -0.39 is 11.7 Å².